The van der Waals surface area contributed by atoms with E-state index in [1.165, 1.54) is 26.4 Å². The molecule has 1 heterocycles. The zero-order valence-electron chi connectivity index (χ0n) is 9.51. The number of carbonyl (C=O) groups excluding carboxylic acids is 1. The average molecular weight is 199 g/mol. The molecule has 1 aliphatic rings. The molecule has 1 rings (SSSR count). The van der Waals surface area contributed by atoms with Gasteiger partial charge in [0.05, 0.1) is 13.7 Å². The van der Waals surface area contributed by atoms with Crippen molar-refractivity contribution in [1.82, 2.24) is 4.90 Å². The van der Waals surface area contributed by atoms with Crippen LogP contribution in [0, 0.1) is 5.41 Å². The molecule has 0 spiro atoms. The minimum Gasteiger partial charge on any atom is -0.468 e. The molecule has 0 aromatic carbocycles. The average Bonchev–Trinajstić information content (AvgIpc) is 2.21. The van der Waals surface area contributed by atoms with Crippen LogP contribution in [0.2, 0.25) is 0 Å². The Balaban J connectivity index is 2.32. The molecule has 0 saturated carbocycles. The number of nitrogens with zero attached hydrogens (tertiary/aromatic N) is 1. The summed E-state index contributed by atoms with van der Waals surface area (Å²) in [5, 5.41) is 0. The highest BCUT2D eigenvalue weighted by atomic mass is 16.5. The molecule has 0 radical (unpaired) electrons. The van der Waals surface area contributed by atoms with Gasteiger partial charge in [-0.25, -0.2) is 0 Å². The lowest BCUT2D eigenvalue weighted by Crippen LogP contribution is -2.41. The number of methoxy groups -OCH3 is 1. The third-order valence-corrected chi connectivity index (χ3v) is 3.50. The minimum absolute atomic E-state index is 0.120. The van der Waals surface area contributed by atoms with Gasteiger partial charge in [-0.05, 0) is 31.3 Å². The molecule has 1 aliphatic heterocycles. The van der Waals surface area contributed by atoms with Crippen molar-refractivity contribution in [3.05, 3.63) is 0 Å². The summed E-state index contributed by atoms with van der Waals surface area (Å²) in [5.41, 5.74) is 0.493. The lowest BCUT2D eigenvalue weighted by atomic mass is 9.78. The van der Waals surface area contributed by atoms with Crippen LogP contribution in [0.25, 0.3) is 0 Å². The fraction of sp³-hybridized carbons (Fsp3) is 0.909. The first-order valence-corrected chi connectivity index (χ1v) is 5.39. The summed E-state index contributed by atoms with van der Waals surface area (Å²) >= 11 is 0. The lowest BCUT2D eigenvalue weighted by Gasteiger charge is -2.38. The van der Waals surface area contributed by atoms with Crippen molar-refractivity contribution >= 4 is 5.97 Å². The fourth-order valence-electron chi connectivity index (χ4n) is 1.85. The smallest absolute Gasteiger partial charge is 0.319 e. The third kappa shape index (κ3) is 2.98. The van der Waals surface area contributed by atoms with Crippen molar-refractivity contribution in [2.75, 3.05) is 26.7 Å². The normalized spacial score (nSPS) is 21.9. The second-order valence-corrected chi connectivity index (χ2v) is 4.52. The highest BCUT2D eigenvalue weighted by Crippen LogP contribution is 2.33. The molecule has 0 bridgehead atoms. The SMILES string of the molecule is CCC1(C)CCN(CC(=O)OC)CC1. The zero-order chi connectivity index (χ0) is 10.6. The first-order chi connectivity index (χ1) is 6.59. The van der Waals surface area contributed by atoms with Gasteiger partial charge in [-0.3, -0.25) is 9.69 Å². The first-order valence-electron chi connectivity index (χ1n) is 5.39. The van der Waals surface area contributed by atoms with E-state index in [1.54, 1.807) is 0 Å². The summed E-state index contributed by atoms with van der Waals surface area (Å²) in [6.07, 6.45) is 3.63. The maximum absolute atomic E-state index is 11.0. The van der Waals surface area contributed by atoms with E-state index < -0.39 is 0 Å². The summed E-state index contributed by atoms with van der Waals surface area (Å²) in [7, 11) is 1.45. The minimum atomic E-state index is -0.120. The topological polar surface area (TPSA) is 29.5 Å². The van der Waals surface area contributed by atoms with Crippen LogP contribution in [-0.4, -0.2) is 37.6 Å². The van der Waals surface area contributed by atoms with E-state index in [4.69, 9.17) is 0 Å². The van der Waals surface area contributed by atoms with Gasteiger partial charge in [0.15, 0.2) is 0 Å². The Morgan fingerprint density at radius 2 is 2.00 bits per heavy atom. The van der Waals surface area contributed by atoms with Gasteiger partial charge in [-0.15, -0.1) is 0 Å². The van der Waals surface area contributed by atoms with E-state index in [1.807, 2.05) is 0 Å². The quantitative estimate of drug-likeness (QED) is 0.648. The maximum atomic E-state index is 11.0. The number of piperidine rings is 1. The molecular formula is C11H21NO2. The van der Waals surface area contributed by atoms with Crippen LogP contribution in [0.4, 0.5) is 0 Å². The van der Waals surface area contributed by atoms with Gasteiger partial charge in [0.2, 0.25) is 0 Å². The molecule has 82 valence electrons. The number of likely N-dealkylation sites (tertiary alicyclic amines) is 1. The van der Waals surface area contributed by atoms with Crippen LogP contribution in [0.3, 0.4) is 0 Å². The van der Waals surface area contributed by atoms with Crippen molar-refractivity contribution in [3.63, 3.8) is 0 Å². The second-order valence-electron chi connectivity index (χ2n) is 4.52. The molecule has 0 atom stereocenters. The van der Waals surface area contributed by atoms with E-state index in [0.29, 0.717) is 12.0 Å². The first kappa shape index (κ1) is 11.5. The highest BCUT2D eigenvalue weighted by Gasteiger charge is 2.28. The third-order valence-electron chi connectivity index (χ3n) is 3.50. The van der Waals surface area contributed by atoms with Crippen LogP contribution in [0.5, 0.6) is 0 Å². The Bertz CT molecular complexity index is 195. The molecule has 0 aromatic rings. The fourth-order valence-corrected chi connectivity index (χ4v) is 1.85. The number of carbonyl (C=O) groups is 1. The number of hydrogen-bond donors (Lipinski definition) is 0. The lowest BCUT2D eigenvalue weighted by molar-refractivity contribution is -0.142. The molecule has 0 N–H and O–H groups in total. The van der Waals surface area contributed by atoms with Gasteiger partial charge in [0.25, 0.3) is 0 Å². The Kier molecular flexibility index (Phi) is 3.93. The molecule has 3 heteroatoms. The van der Waals surface area contributed by atoms with Gasteiger partial charge < -0.3 is 4.74 Å². The molecule has 0 aromatic heterocycles. The monoisotopic (exact) mass is 199 g/mol. The number of hydrogen-bond acceptors (Lipinski definition) is 3. The second kappa shape index (κ2) is 4.78. The summed E-state index contributed by atoms with van der Waals surface area (Å²) in [6, 6.07) is 0. The summed E-state index contributed by atoms with van der Waals surface area (Å²) < 4.78 is 4.65. The van der Waals surface area contributed by atoms with Crippen molar-refractivity contribution in [3.8, 4) is 0 Å². The van der Waals surface area contributed by atoms with Crippen molar-refractivity contribution in [2.45, 2.75) is 33.1 Å². The molecular weight excluding hydrogens is 178 g/mol. The van der Waals surface area contributed by atoms with Crippen LogP contribution < -0.4 is 0 Å². The largest absolute Gasteiger partial charge is 0.468 e. The Morgan fingerprint density at radius 3 is 2.43 bits per heavy atom. The van der Waals surface area contributed by atoms with Crippen molar-refractivity contribution in [2.24, 2.45) is 5.41 Å². The van der Waals surface area contributed by atoms with Gasteiger partial charge in [-0.2, -0.15) is 0 Å². The summed E-state index contributed by atoms with van der Waals surface area (Å²) in [6.45, 7) is 7.09. The highest BCUT2D eigenvalue weighted by molar-refractivity contribution is 5.71. The van der Waals surface area contributed by atoms with E-state index in [0.717, 1.165) is 13.1 Å². The molecule has 1 saturated heterocycles. The molecule has 14 heavy (non-hydrogen) atoms. The van der Waals surface area contributed by atoms with Crippen molar-refractivity contribution < 1.29 is 9.53 Å². The number of ether oxygens (including phenoxy) is 1. The van der Waals surface area contributed by atoms with E-state index in [9.17, 15) is 4.79 Å². The zero-order valence-corrected chi connectivity index (χ0v) is 9.51. The van der Waals surface area contributed by atoms with Crippen LogP contribution in [-0.2, 0) is 9.53 Å². The maximum Gasteiger partial charge on any atom is 0.319 e. The van der Waals surface area contributed by atoms with E-state index in [2.05, 4.69) is 23.5 Å². The van der Waals surface area contributed by atoms with Gasteiger partial charge in [0, 0.05) is 0 Å². The van der Waals surface area contributed by atoms with Crippen LogP contribution >= 0.6 is 0 Å². The molecule has 0 amide bonds. The Labute approximate surface area is 86.4 Å². The van der Waals surface area contributed by atoms with E-state index in [-0.39, 0.29) is 5.97 Å². The molecule has 1 fully saturated rings. The van der Waals surface area contributed by atoms with Gasteiger partial charge in [0.1, 0.15) is 0 Å². The molecule has 0 unspecified atom stereocenters. The molecule has 0 aliphatic carbocycles. The Morgan fingerprint density at radius 1 is 1.43 bits per heavy atom. The number of rotatable bonds is 3. The summed E-state index contributed by atoms with van der Waals surface area (Å²) in [4.78, 5) is 13.2. The van der Waals surface area contributed by atoms with Crippen LogP contribution in [0.15, 0.2) is 0 Å². The number of esters is 1. The standard InChI is InChI=1S/C11H21NO2/c1-4-11(2)5-7-12(8-6-11)9-10(13)14-3/h4-9H2,1-3H3. The van der Waals surface area contributed by atoms with E-state index >= 15 is 0 Å². The predicted molar refractivity (Wildman–Crippen MR) is 56.1 cm³/mol. The Hall–Kier alpha value is -0.570. The van der Waals surface area contributed by atoms with Crippen molar-refractivity contribution in [1.29, 1.82) is 0 Å². The molecule has 3 nitrogen and oxygen atoms in total. The van der Waals surface area contributed by atoms with Crippen LogP contribution in [0.1, 0.15) is 33.1 Å². The summed E-state index contributed by atoms with van der Waals surface area (Å²) in [5.74, 6) is -0.120. The van der Waals surface area contributed by atoms with Gasteiger partial charge in [-0.1, -0.05) is 20.3 Å². The van der Waals surface area contributed by atoms with Gasteiger partial charge >= 0.3 is 5.97 Å². The predicted octanol–water partition coefficient (Wildman–Crippen LogP) is 1.67.